The van der Waals surface area contributed by atoms with Crippen LogP contribution in [0.25, 0.3) is 6.08 Å². The monoisotopic (exact) mass is 558 g/mol. The van der Waals surface area contributed by atoms with Gasteiger partial charge < -0.3 is 20.7 Å². The lowest BCUT2D eigenvalue weighted by Crippen LogP contribution is -2.57. The van der Waals surface area contributed by atoms with E-state index in [2.05, 4.69) is 10.0 Å². The lowest BCUT2D eigenvalue weighted by atomic mass is 10.1. The van der Waals surface area contributed by atoms with Gasteiger partial charge in [-0.1, -0.05) is 48.9 Å². The van der Waals surface area contributed by atoms with Crippen molar-refractivity contribution in [3.05, 3.63) is 53.5 Å². The van der Waals surface area contributed by atoms with Crippen LogP contribution >= 0.6 is 0 Å². The number of amides is 4. The Bertz CT molecular complexity index is 1260. The van der Waals surface area contributed by atoms with Gasteiger partial charge in [-0.05, 0) is 56.6 Å². The number of ether oxygens (including phenoxy) is 1. The van der Waals surface area contributed by atoms with Crippen LogP contribution in [-0.4, -0.2) is 61.4 Å². The number of nitrogens with two attached hydrogens (primary N) is 1. The van der Waals surface area contributed by atoms with Crippen molar-refractivity contribution in [1.82, 2.24) is 14.9 Å². The maximum atomic E-state index is 13.4. The van der Waals surface area contributed by atoms with Gasteiger partial charge in [0.25, 0.3) is 21.8 Å². The number of fused-ring (bicyclic) bond motifs is 2. The molecule has 4 atom stereocenters. The second-order valence-corrected chi connectivity index (χ2v) is 11.7. The first-order chi connectivity index (χ1) is 18.6. The minimum absolute atomic E-state index is 0.229. The zero-order chi connectivity index (χ0) is 28.0. The Kier molecular flexibility index (Phi) is 8.73. The zero-order valence-electron chi connectivity index (χ0n) is 21.6. The molecule has 12 heteroatoms. The average molecular weight is 559 g/mol. The van der Waals surface area contributed by atoms with Gasteiger partial charge in [-0.2, -0.15) is 0 Å². The zero-order valence-corrected chi connectivity index (χ0v) is 22.4. The number of carbonyl (C=O) groups is 4. The Labute approximate surface area is 227 Å². The lowest BCUT2D eigenvalue weighted by Gasteiger charge is -2.29. The predicted molar refractivity (Wildman–Crippen MR) is 143 cm³/mol. The second kappa shape index (κ2) is 12.0. The minimum atomic E-state index is -4.15. The average Bonchev–Trinajstić information content (AvgIpc) is 3.36. The van der Waals surface area contributed by atoms with Gasteiger partial charge in [-0.15, -0.1) is 0 Å². The summed E-state index contributed by atoms with van der Waals surface area (Å²) in [4.78, 5) is 52.8. The molecule has 2 aliphatic heterocycles. The number of hydrogen-bond donors (Lipinski definition) is 3. The largest absolute Gasteiger partial charge is 0.436 e. The second-order valence-electron chi connectivity index (χ2n) is 10.1. The van der Waals surface area contributed by atoms with Crippen LogP contribution in [0.5, 0.6) is 0 Å². The van der Waals surface area contributed by atoms with Crippen LogP contribution < -0.4 is 15.8 Å². The van der Waals surface area contributed by atoms with Crippen molar-refractivity contribution >= 4 is 39.9 Å². The van der Waals surface area contributed by atoms with Gasteiger partial charge >= 0.3 is 6.09 Å². The maximum absolute atomic E-state index is 13.4. The number of benzene rings is 1. The first kappa shape index (κ1) is 28.3. The fraction of sp³-hybridized carbons (Fsp3) is 0.481. The van der Waals surface area contributed by atoms with E-state index in [-0.39, 0.29) is 13.0 Å². The van der Waals surface area contributed by atoms with Crippen LogP contribution in [-0.2, 0) is 29.1 Å². The van der Waals surface area contributed by atoms with Gasteiger partial charge in [0.15, 0.2) is 6.10 Å². The first-order valence-electron chi connectivity index (χ1n) is 13.2. The highest BCUT2D eigenvalue weighted by Gasteiger charge is 2.61. The van der Waals surface area contributed by atoms with Crippen molar-refractivity contribution in [2.75, 3.05) is 6.54 Å². The summed E-state index contributed by atoms with van der Waals surface area (Å²) in [5.41, 5.74) is 4.38. The molecule has 4 N–H and O–H groups in total. The number of carbonyl (C=O) groups excluding carboxylic acids is 4. The highest BCUT2D eigenvalue weighted by molar-refractivity contribution is 7.93. The Hall–Kier alpha value is -3.67. The van der Waals surface area contributed by atoms with Crippen molar-refractivity contribution in [3.63, 3.8) is 0 Å². The molecule has 39 heavy (non-hydrogen) atoms. The minimum Gasteiger partial charge on any atom is -0.436 e. The fourth-order valence-electron chi connectivity index (χ4n) is 5.16. The smallest absolute Gasteiger partial charge is 0.405 e. The first-order valence-corrected chi connectivity index (χ1v) is 14.7. The van der Waals surface area contributed by atoms with E-state index in [0.29, 0.717) is 37.7 Å². The summed E-state index contributed by atoms with van der Waals surface area (Å²) in [6.07, 6.45) is 7.31. The third-order valence-corrected chi connectivity index (χ3v) is 8.28. The van der Waals surface area contributed by atoms with E-state index >= 15 is 0 Å². The van der Waals surface area contributed by atoms with E-state index in [0.717, 1.165) is 18.2 Å². The SMILES string of the molecule is NC(=O)OC1CCCCC/C=C/C2CC2(C(=O)NS(=O)(=O)/C=C/c2ccccc2)NC(=O)C2CCCN2C1=O. The van der Waals surface area contributed by atoms with Crippen LogP contribution in [0.15, 0.2) is 47.9 Å². The molecule has 2 heterocycles. The summed E-state index contributed by atoms with van der Waals surface area (Å²) in [6.45, 7) is 0.288. The molecule has 0 aromatic heterocycles. The summed E-state index contributed by atoms with van der Waals surface area (Å²) >= 11 is 0. The molecular formula is C27H34N4O7S. The number of sulfonamides is 1. The van der Waals surface area contributed by atoms with E-state index in [4.69, 9.17) is 10.5 Å². The van der Waals surface area contributed by atoms with E-state index < -0.39 is 57.4 Å². The molecular weight excluding hydrogens is 524 g/mol. The van der Waals surface area contributed by atoms with Crippen LogP contribution in [0.2, 0.25) is 0 Å². The van der Waals surface area contributed by atoms with Gasteiger partial charge in [0.05, 0.1) is 5.41 Å². The van der Waals surface area contributed by atoms with Crippen LogP contribution in [0.3, 0.4) is 0 Å². The fourth-order valence-corrected chi connectivity index (χ4v) is 6.01. The topological polar surface area (TPSA) is 165 Å². The predicted octanol–water partition coefficient (Wildman–Crippen LogP) is 1.95. The Balaban J connectivity index is 1.55. The molecule has 1 saturated carbocycles. The van der Waals surface area contributed by atoms with Gasteiger partial charge in [-0.3, -0.25) is 14.4 Å². The number of nitrogens with one attached hydrogen (secondary N) is 2. The molecule has 1 saturated heterocycles. The van der Waals surface area contributed by atoms with Crippen molar-refractivity contribution in [2.24, 2.45) is 11.7 Å². The van der Waals surface area contributed by atoms with Gasteiger partial charge in [0.1, 0.15) is 11.6 Å². The van der Waals surface area contributed by atoms with Crippen LogP contribution in [0, 0.1) is 5.92 Å². The van der Waals surface area contributed by atoms with E-state index in [1.54, 1.807) is 30.3 Å². The number of nitrogens with zero attached hydrogens (tertiary/aromatic N) is 1. The van der Waals surface area contributed by atoms with Gasteiger partial charge in [-0.25, -0.2) is 17.9 Å². The van der Waals surface area contributed by atoms with Crippen LogP contribution in [0.1, 0.15) is 56.9 Å². The number of primary amides is 1. The summed E-state index contributed by atoms with van der Waals surface area (Å²) in [5, 5.41) is 3.68. The Morgan fingerprint density at radius 1 is 1.10 bits per heavy atom. The van der Waals surface area contributed by atoms with Gasteiger partial charge in [0.2, 0.25) is 5.91 Å². The third kappa shape index (κ3) is 7.05. The van der Waals surface area contributed by atoms with Crippen molar-refractivity contribution in [3.8, 4) is 0 Å². The highest BCUT2D eigenvalue weighted by atomic mass is 32.2. The molecule has 1 aromatic rings. The normalized spacial score (nSPS) is 28.8. The molecule has 4 rings (SSSR count). The van der Waals surface area contributed by atoms with Crippen molar-refractivity contribution in [1.29, 1.82) is 0 Å². The van der Waals surface area contributed by atoms with Crippen molar-refractivity contribution in [2.45, 2.75) is 69.1 Å². The van der Waals surface area contributed by atoms with E-state index in [1.807, 2.05) is 12.2 Å². The number of rotatable bonds is 5. The van der Waals surface area contributed by atoms with Crippen molar-refractivity contribution < 1.29 is 32.3 Å². The molecule has 1 aromatic carbocycles. The van der Waals surface area contributed by atoms with E-state index in [1.165, 1.54) is 11.0 Å². The third-order valence-electron chi connectivity index (χ3n) is 7.32. The Morgan fingerprint density at radius 3 is 2.62 bits per heavy atom. The highest BCUT2D eigenvalue weighted by Crippen LogP contribution is 2.45. The lowest BCUT2D eigenvalue weighted by molar-refractivity contribution is -0.146. The van der Waals surface area contributed by atoms with Gasteiger partial charge in [0, 0.05) is 12.5 Å². The maximum Gasteiger partial charge on any atom is 0.405 e. The number of hydrogen-bond acceptors (Lipinski definition) is 7. The molecule has 210 valence electrons. The molecule has 0 radical (unpaired) electrons. The molecule has 0 spiro atoms. The molecule has 3 aliphatic rings. The summed E-state index contributed by atoms with van der Waals surface area (Å²) in [6, 6.07) is 7.89. The Morgan fingerprint density at radius 2 is 1.87 bits per heavy atom. The summed E-state index contributed by atoms with van der Waals surface area (Å²) < 4.78 is 32.6. The molecule has 4 amide bonds. The molecule has 4 unspecified atom stereocenters. The molecule has 1 aliphatic carbocycles. The van der Waals surface area contributed by atoms with Crippen LogP contribution in [0.4, 0.5) is 4.79 Å². The standard InChI is InChI=1S/C27H34N4O7S/c28-26(35)38-22-14-8-3-1-2-7-12-20-18-27(20,29-23(32)21-13-9-16-31(21)24(22)33)25(34)30-39(36,37)17-15-19-10-5-4-6-11-19/h4-7,10-12,15,17,20-22H,1-3,8-9,13-14,16,18H2,(H2,28,35)(H,29,32)(H,30,34)/b12-7+,17-15+. The van der Waals surface area contributed by atoms with E-state index in [9.17, 15) is 27.6 Å². The summed E-state index contributed by atoms with van der Waals surface area (Å²) in [7, 11) is -4.15. The molecule has 0 bridgehead atoms. The quantitative estimate of drug-likeness (QED) is 0.465. The molecule has 11 nitrogen and oxygen atoms in total. The number of allylic oxidation sites excluding steroid dienone is 1. The molecule has 2 fully saturated rings. The summed E-state index contributed by atoms with van der Waals surface area (Å²) in [5.74, 6) is -2.29.